The zero-order valence-electron chi connectivity index (χ0n) is 18.3. The summed E-state index contributed by atoms with van der Waals surface area (Å²) in [6.45, 7) is 4.59. The minimum absolute atomic E-state index is 0.181. The fourth-order valence-electron chi connectivity index (χ4n) is 3.61. The second kappa shape index (κ2) is 9.28. The number of rotatable bonds is 6. The number of amides is 2. The number of fused-ring (bicyclic) bond motifs is 1. The van der Waals surface area contributed by atoms with Gasteiger partial charge in [0.2, 0.25) is 0 Å². The van der Waals surface area contributed by atoms with Gasteiger partial charge in [-0.1, -0.05) is 18.2 Å². The van der Waals surface area contributed by atoms with Crippen LogP contribution in [-0.4, -0.2) is 23.0 Å². The summed E-state index contributed by atoms with van der Waals surface area (Å²) in [4.78, 5) is 31.7. The van der Waals surface area contributed by atoms with E-state index in [0.29, 0.717) is 23.5 Å². The maximum atomic E-state index is 13.2. The van der Waals surface area contributed by atoms with Crippen molar-refractivity contribution in [1.82, 2.24) is 9.88 Å². The molecule has 32 heavy (non-hydrogen) atoms. The lowest BCUT2D eigenvalue weighted by Gasteiger charge is -2.23. The summed E-state index contributed by atoms with van der Waals surface area (Å²) >= 11 is 1.58. The van der Waals surface area contributed by atoms with Gasteiger partial charge >= 0.3 is 6.03 Å². The summed E-state index contributed by atoms with van der Waals surface area (Å²) in [6, 6.07) is 16.8. The number of carbonyl (C=O) groups excluding carboxylic acids is 1. The normalized spacial score (nSPS) is 10.8. The van der Waals surface area contributed by atoms with Crippen LogP contribution >= 0.6 is 11.3 Å². The molecule has 0 saturated carbocycles. The molecule has 0 radical (unpaired) electrons. The Morgan fingerprint density at radius 2 is 1.81 bits per heavy atom. The molecule has 0 saturated heterocycles. The first-order valence-corrected chi connectivity index (χ1v) is 11.2. The number of anilines is 1. The van der Waals surface area contributed by atoms with Gasteiger partial charge in [0.15, 0.2) is 0 Å². The van der Waals surface area contributed by atoms with E-state index in [1.165, 1.54) is 0 Å². The Kier molecular flexibility index (Phi) is 6.28. The lowest BCUT2D eigenvalue weighted by Crippen LogP contribution is -2.35. The highest BCUT2D eigenvalue weighted by molar-refractivity contribution is 7.09. The largest absolute Gasteiger partial charge is 0.497 e. The number of H-pyrrole nitrogens is 1. The van der Waals surface area contributed by atoms with Gasteiger partial charge in [-0.15, -0.1) is 11.3 Å². The van der Waals surface area contributed by atoms with Crippen molar-refractivity contribution in [2.45, 2.75) is 26.9 Å². The van der Waals surface area contributed by atoms with Crippen molar-refractivity contribution in [2.24, 2.45) is 0 Å². The van der Waals surface area contributed by atoms with Crippen molar-refractivity contribution < 1.29 is 9.53 Å². The van der Waals surface area contributed by atoms with Gasteiger partial charge in [-0.25, -0.2) is 4.79 Å². The average molecular weight is 448 g/mol. The number of aryl methyl sites for hydroxylation is 2. The predicted molar refractivity (Wildman–Crippen MR) is 130 cm³/mol. The molecule has 4 rings (SSSR count). The first kappa shape index (κ1) is 21.6. The van der Waals surface area contributed by atoms with Crippen LogP contribution in [0.4, 0.5) is 10.5 Å². The van der Waals surface area contributed by atoms with Gasteiger partial charge in [0, 0.05) is 21.5 Å². The maximum Gasteiger partial charge on any atom is 0.322 e. The lowest BCUT2D eigenvalue weighted by atomic mass is 10.0. The first-order chi connectivity index (χ1) is 15.4. The number of pyridine rings is 1. The summed E-state index contributed by atoms with van der Waals surface area (Å²) in [5.74, 6) is 0.715. The van der Waals surface area contributed by atoms with Crippen LogP contribution in [-0.2, 0) is 13.1 Å². The van der Waals surface area contributed by atoms with Crippen LogP contribution in [0.2, 0.25) is 0 Å². The van der Waals surface area contributed by atoms with Gasteiger partial charge in [-0.3, -0.25) is 4.79 Å². The molecule has 0 atom stereocenters. The van der Waals surface area contributed by atoms with Crippen LogP contribution in [0, 0.1) is 13.8 Å². The molecule has 0 aliphatic rings. The smallest absolute Gasteiger partial charge is 0.322 e. The monoisotopic (exact) mass is 447 g/mol. The van der Waals surface area contributed by atoms with E-state index in [9.17, 15) is 9.59 Å². The minimum atomic E-state index is -0.274. The molecule has 4 aromatic rings. The Labute approximate surface area is 190 Å². The standard InChI is InChI=1S/C25H25N3O3S/c1-16-6-7-17(2)23-22(16)13-18(24(29)27-23)14-28(15-21-5-4-12-32-21)25(30)26-19-8-10-20(31-3)11-9-19/h4-13H,14-15H2,1-3H3,(H,26,30)(H,27,29). The highest BCUT2D eigenvalue weighted by Gasteiger charge is 2.18. The Hall–Kier alpha value is -3.58. The zero-order valence-corrected chi connectivity index (χ0v) is 19.1. The van der Waals surface area contributed by atoms with Gasteiger partial charge in [-0.2, -0.15) is 0 Å². The third-order valence-corrected chi connectivity index (χ3v) is 6.30. The molecule has 7 heteroatoms. The summed E-state index contributed by atoms with van der Waals surface area (Å²) in [5.41, 5.74) is 3.96. The van der Waals surface area contributed by atoms with E-state index in [0.717, 1.165) is 26.9 Å². The molecule has 0 fully saturated rings. The Balaban J connectivity index is 1.64. The highest BCUT2D eigenvalue weighted by Crippen LogP contribution is 2.22. The zero-order chi connectivity index (χ0) is 22.7. The van der Waals surface area contributed by atoms with Gasteiger partial charge in [0.1, 0.15) is 5.75 Å². The quantitative estimate of drug-likeness (QED) is 0.413. The molecule has 0 bridgehead atoms. The SMILES string of the molecule is COc1ccc(NC(=O)N(Cc2cccs2)Cc2cc3c(C)ccc(C)c3[nH]c2=O)cc1. The molecule has 2 aromatic carbocycles. The Morgan fingerprint density at radius 3 is 2.50 bits per heavy atom. The molecule has 2 amide bonds. The van der Waals surface area contributed by atoms with E-state index < -0.39 is 0 Å². The average Bonchev–Trinajstić information content (AvgIpc) is 3.30. The second-order valence-corrected chi connectivity index (χ2v) is 8.74. The predicted octanol–water partition coefficient (Wildman–Crippen LogP) is 5.45. The molecule has 2 heterocycles. The van der Waals surface area contributed by atoms with Crippen molar-refractivity contribution in [3.63, 3.8) is 0 Å². The van der Waals surface area contributed by atoms with E-state index in [1.54, 1.807) is 47.6 Å². The number of methoxy groups -OCH3 is 1. The maximum absolute atomic E-state index is 13.2. The molecule has 2 aromatic heterocycles. The van der Waals surface area contributed by atoms with Crippen molar-refractivity contribution in [3.8, 4) is 5.75 Å². The van der Waals surface area contributed by atoms with Crippen molar-refractivity contribution in [3.05, 3.63) is 91.9 Å². The van der Waals surface area contributed by atoms with Crippen molar-refractivity contribution in [1.29, 1.82) is 0 Å². The number of thiophene rings is 1. The molecular weight excluding hydrogens is 422 g/mol. The Morgan fingerprint density at radius 1 is 1.06 bits per heavy atom. The van der Waals surface area contributed by atoms with Gasteiger partial charge in [0.25, 0.3) is 5.56 Å². The number of nitrogens with one attached hydrogen (secondary N) is 2. The molecule has 164 valence electrons. The molecule has 0 aliphatic carbocycles. The molecule has 2 N–H and O–H groups in total. The molecule has 6 nitrogen and oxygen atoms in total. The topological polar surface area (TPSA) is 74.4 Å². The van der Waals surface area contributed by atoms with Crippen LogP contribution in [0.25, 0.3) is 10.9 Å². The fourth-order valence-corrected chi connectivity index (χ4v) is 4.33. The van der Waals surface area contributed by atoms with Crippen LogP contribution < -0.4 is 15.6 Å². The molecule has 0 aliphatic heterocycles. The minimum Gasteiger partial charge on any atom is -0.497 e. The lowest BCUT2D eigenvalue weighted by molar-refractivity contribution is 0.207. The van der Waals surface area contributed by atoms with Crippen LogP contribution in [0.5, 0.6) is 5.75 Å². The van der Waals surface area contributed by atoms with Gasteiger partial charge in [-0.05, 0) is 66.8 Å². The summed E-state index contributed by atoms with van der Waals surface area (Å²) in [6.07, 6.45) is 0. The number of benzene rings is 2. The van der Waals surface area contributed by atoms with Crippen LogP contribution in [0.1, 0.15) is 21.6 Å². The second-order valence-electron chi connectivity index (χ2n) is 7.71. The summed E-state index contributed by atoms with van der Waals surface area (Å²) in [7, 11) is 1.60. The number of carbonyl (C=O) groups is 1. The first-order valence-electron chi connectivity index (χ1n) is 10.3. The van der Waals surface area contributed by atoms with E-state index in [-0.39, 0.29) is 18.1 Å². The Bertz CT molecular complexity index is 1290. The van der Waals surface area contributed by atoms with E-state index in [1.807, 2.05) is 49.6 Å². The third-order valence-electron chi connectivity index (χ3n) is 5.44. The number of aromatic amines is 1. The summed E-state index contributed by atoms with van der Waals surface area (Å²) in [5, 5.41) is 5.89. The van der Waals surface area contributed by atoms with Crippen LogP contribution in [0.3, 0.4) is 0 Å². The number of hydrogen-bond donors (Lipinski definition) is 2. The van der Waals surface area contributed by atoms with E-state index in [2.05, 4.69) is 10.3 Å². The van der Waals surface area contributed by atoms with Gasteiger partial charge in [0.05, 0.1) is 25.7 Å². The van der Waals surface area contributed by atoms with E-state index in [4.69, 9.17) is 4.74 Å². The molecule has 0 spiro atoms. The van der Waals surface area contributed by atoms with Crippen molar-refractivity contribution in [2.75, 3.05) is 12.4 Å². The number of aromatic nitrogens is 1. The number of urea groups is 1. The number of ether oxygens (including phenoxy) is 1. The van der Waals surface area contributed by atoms with E-state index >= 15 is 0 Å². The van der Waals surface area contributed by atoms with Gasteiger partial charge < -0.3 is 19.9 Å². The number of hydrogen-bond acceptors (Lipinski definition) is 4. The highest BCUT2D eigenvalue weighted by atomic mass is 32.1. The fraction of sp³-hybridized carbons (Fsp3) is 0.200. The number of nitrogens with zero attached hydrogens (tertiary/aromatic N) is 1. The summed E-state index contributed by atoms with van der Waals surface area (Å²) < 4.78 is 5.18. The van der Waals surface area contributed by atoms with Crippen LogP contribution in [0.15, 0.2) is 64.8 Å². The molecule has 0 unspecified atom stereocenters. The van der Waals surface area contributed by atoms with Crippen molar-refractivity contribution >= 4 is 34.0 Å². The third kappa shape index (κ3) is 4.68. The molecular formula is C25H25N3O3S.